The third-order valence-electron chi connectivity index (χ3n) is 3.35. The minimum Gasteiger partial charge on any atom is -0.488 e. The molecule has 0 fully saturated rings. The first-order chi connectivity index (χ1) is 9.53. The van der Waals surface area contributed by atoms with Crippen molar-refractivity contribution in [3.8, 4) is 5.75 Å². The molecule has 0 aliphatic heterocycles. The van der Waals surface area contributed by atoms with Gasteiger partial charge in [-0.05, 0) is 39.2 Å². The van der Waals surface area contributed by atoms with Gasteiger partial charge in [-0.2, -0.15) is 0 Å². The Balaban J connectivity index is 2.11. The Labute approximate surface area is 128 Å². The van der Waals surface area contributed by atoms with Crippen LogP contribution < -0.4 is 4.74 Å². The van der Waals surface area contributed by atoms with Crippen LogP contribution in [0.1, 0.15) is 25.0 Å². The van der Waals surface area contributed by atoms with Gasteiger partial charge in [0.25, 0.3) is 0 Å². The van der Waals surface area contributed by atoms with E-state index in [4.69, 9.17) is 4.74 Å². The first-order valence-corrected chi connectivity index (χ1v) is 7.40. The Bertz CT molecular complexity index is 564. The molecule has 2 aromatic rings. The summed E-state index contributed by atoms with van der Waals surface area (Å²) in [5.74, 6) is 0.811. The van der Waals surface area contributed by atoms with E-state index in [-0.39, 0.29) is 12.0 Å². The minimum atomic E-state index is -0.250. The highest BCUT2D eigenvalue weighted by molar-refractivity contribution is 9.10. The topological polar surface area (TPSA) is 29.5 Å². The molecule has 0 aromatic heterocycles. The number of halogens is 1. The maximum Gasteiger partial charge on any atom is 0.134 e. The lowest BCUT2D eigenvalue weighted by molar-refractivity contribution is 0.218. The Morgan fingerprint density at radius 2 is 1.80 bits per heavy atom. The van der Waals surface area contributed by atoms with E-state index in [9.17, 15) is 5.11 Å². The average molecular weight is 335 g/mol. The second-order valence-electron chi connectivity index (χ2n) is 5.46. The van der Waals surface area contributed by atoms with Crippen LogP contribution in [0.5, 0.6) is 5.75 Å². The van der Waals surface area contributed by atoms with Gasteiger partial charge in [-0.3, -0.25) is 0 Å². The molecule has 2 nitrogen and oxygen atoms in total. The summed E-state index contributed by atoms with van der Waals surface area (Å²) >= 11 is 3.54. The van der Waals surface area contributed by atoms with Crippen molar-refractivity contribution in [3.05, 3.63) is 64.1 Å². The maximum absolute atomic E-state index is 9.41. The molecular formula is C17H19BrO2. The van der Waals surface area contributed by atoms with Crippen molar-refractivity contribution in [2.75, 3.05) is 6.61 Å². The van der Waals surface area contributed by atoms with Crippen molar-refractivity contribution in [2.45, 2.75) is 25.9 Å². The third-order valence-corrected chi connectivity index (χ3v) is 3.97. The molecule has 2 rings (SSSR count). The van der Waals surface area contributed by atoms with E-state index >= 15 is 0 Å². The molecule has 0 amide bonds. The molecule has 0 bridgehead atoms. The summed E-state index contributed by atoms with van der Waals surface area (Å²) in [4.78, 5) is 0. The molecule has 0 spiro atoms. The van der Waals surface area contributed by atoms with Gasteiger partial charge in [0.15, 0.2) is 0 Å². The largest absolute Gasteiger partial charge is 0.488 e. The second kappa shape index (κ2) is 6.42. The number of benzene rings is 2. The van der Waals surface area contributed by atoms with Crippen LogP contribution in [0.2, 0.25) is 0 Å². The lowest BCUT2D eigenvalue weighted by Gasteiger charge is -2.23. The van der Waals surface area contributed by atoms with E-state index in [0.29, 0.717) is 6.61 Å². The van der Waals surface area contributed by atoms with E-state index < -0.39 is 0 Å². The molecule has 3 heteroatoms. The molecule has 0 heterocycles. The van der Waals surface area contributed by atoms with Crippen LogP contribution in [0.15, 0.2) is 53.0 Å². The van der Waals surface area contributed by atoms with E-state index in [1.807, 2.05) is 62.4 Å². The highest BCUT2D eigenvalue weighted by Gasteiger charge is 2.20. The monoisotopic (exact) mass is 334 g/mol. The van der Waals surface area contributed by atoms with Gasteiger partial charge in [-0.15, -0.1) is 0 Å². The van der Waals surface area contributed by atoms with Crippen LogP contribution in [-0.4, -0.2) is 11.7 Å². The lowest BCUT2D eigenvalue weighted by Crippen LogP contribution is -2.21. The molecule has 0 unspecified atom stereocenters. The van der Waals surface area contributed by atoms with Crippen LogP contribution in [0, 0.1) is 0 Å². The average Bonchev–Trinajstić information content (AvgIpc) is 2.47. The van der Waals surface area contributed by atoms with Gasteiger partial charge in [-0.25, -0.2) is 0 Å². The van der Waals surface area contributed by atoms with Crippen molar-refractivity contribution in [1.82, 2.24) is 0 Å². The van der Waals surface area contributed by atoms with E-state index in [0.717, 1.165) is 21.3 Å². The summed E-state index contributed by atoms with van der Waals surface area (Å²) < 4.78 is 6.72. The number of rotatable bonds is 5. The minimum absolute atomic E-state index is 0.115. The summed E-state index contributed by atoms with van der Waals surface area (Å²) in [6.45, 7) is 4.68. The van der Waals surface area contributed by atoms with E-state index in [2.05, 4.69) is 15.9 Å². The van der Waals surface area contributed by atoms with Crippen molar-refractivity contribution in [3.63, 3.8) is 0 Å². The van der Waals surface area contributed by atoms with Crippen LogP contribution in [-0.2, 0) is 12.0 Å². The first kappa shape index (κ1) is 15.1. The molecule has 0 saturated carbocycles. The molecule has 0 aliphatic carbocycles. The Morgan fingerprint density at radius 3 is 2.40 bits per heavy atom. The van der Waals surface area contributed by atoms with Gasteiger partial charge in [0, 0.05) is 5.41 Å². The predicted molar refractivity (Wildman–Crippen MR) is 85.0 cm³/mol. The number of aliphatic hydroxyl groups is 1. The quantitative estimate of drug-likeness (QED) is 0.883. The van der Waals surface area contributed by atoms with Gasteiger partial charge in [0.2, 0.25) is 0 Å². The molecule has 2 aromatic carbocycles. The van der Waals surface area contributed by atoms with Crippen LogP contribution >= 0.6 is 15.9 Å². The van der Waals surface area contributed by atoms with Crippen molar-refractivity contribution >= 4 is 15.9 Å². The molecule has 106 valence electrons. The Kier molecular flexibility index (Phi) is 4.84. The summed E-state index contributed by atoms with van der Waals surface area (Å²) in [6, 6.07) is 16.0. The lowest BCUT2D eigenvalue weighted by atomic mass is 9.86. The number of ether oxygens (including phenoxy) is 1. The second-order valence-corrected chi connectivity index (χ2v) is 6.32. The molecule has 20 heavy (non-hydrogen) atoms. The highest BCUT2D eigenvalue weighted by Crippen LogP contribution is 2.32. The molecule has 1 N–H and O–H groups in total. The van der Waals surface area contributed by atoms with Crippen molar-refractivity contribution in [1.29, 1.82) is 0 Å². The summed E-state index contributed by atoms with van der Waals surface area (Å²) in [5.41, 5.74) is 1.97. The van der Waals surface area contributed by atoms with Gasteiger partial charge in [0.05, 0.1) is 11.1 Å². The maximum atomic E-state index is 9.41. The SMILES string of the molecule is CC(C)(CO)c1ccc(OCc2ccccc2)c(Br)c1. The third kappa shape index (κ3) is 3.62. The normalized spacial score (nSPS) is 11.4. The summed E-state index contributed by atoms with van der Waals surface area (Å²) in [7, 11) is 0. The molecule has 0 atom stereocenters. The van der Waals surface area contributed by atoms with Gasteiger partial charge < -0.3 is 9.84 Å². The fourth-order valence-corrected chi connectivity index (χ4v) is 2.36. The fraction of sp³-hybridized carbons (Fsp3) is 0.294. The fourth-order valence-electron chi connectivity index (χ4n) is 1.87. The van der Waals surface area contributed by atoms with E-state index in [1.54, 1.807) is 0 Å². The van der Waals surface area contributed by atoms with Crippen LogP contribution in [0.25, 0.3) is 0 Å². The van der Waals surface area contributed by atoms with E-state index in [1.165, 1.54) is 0 Å². The predicted octanol–water partition coefficient (Wildman–Crippen LogP) is 4.30. The molecule has 0 saturated heterocycles. The summed E-state index contributed by atoms with van der Waals surface area (Å²) in [5, 5.41) is 9.41. The zero-order valence-corrected chi connectivity index (χ0v) is 13.4. The zero-order chi connectivity index (χ0) is 14.6. The first-order valence-electron chi connectivity index (χ1n) is 6.60. The number of hydrogen-bond acceptors (Lipinski definition) is 2. The Morgan fingerprint density at radius 1 is 1.10 bits per heavy atom. The van der Waals surface area contributed by atoms with Gasteiger partial charge >= 0.3 is 0 Å². The molecule has 0 radical (unpaired) electrons. The van der Waals surface area contributed by atoms with Crippen LogP contribution in [0.3, 0.4) is 0 Å². The highest BCUT2D eigenvalue weighted by atomic mass is 79.9. The van der Waals surface area contributed by atoms with Crippen molar-refractivity contribution < 1.29 is 9.84 Å². The van der Waals surface area contributed by atoms with Gasteiger partial charge in [0.1, 0.15) is 12.4 Å². The summed E-state index contributed by atoms with van der Waals surface area (Å²) in [6.07, 6.45) is 0. The molecular weight excluding hydrogens is 316 g/mol. The smallest absolute Gasteiger partial charge is 0.134 e. The standard InChI is InChI=1S/C17H19BrO2/c1-17(2,12-19)14-8-9-16(15(18)10-14)20-11-13-6-4-3-5-7-13/h3-10,19H,11-12H2,1-2H3. The Hall–Kier alpha value is -1.32. The number of aliphatic hydroxyl groups excluding tert-OH is 1. The molecule has 0 aliphatic rings. The van der Waals surface area contributed by atoms with Gasteiger partial charge in [-0.1, -0.05) is 50.2 Å². The van der Waals surface area contributed by atoms with Crippen molar-refractivity contribution in [2.24, 2.45) is 0 Å². The number of hydrogen-bond donors (Lipinski definition) is 1. The van der Waals surface area contributed by atoms with Crippen LogP contribution in [0.4, 0.5) is 0 Å². The zero-order valence-electron chi connectivity index (χ0n) is 11.8.